The molecule has 30 heavy (non-hydrogen) atoms. The predicted octanol–water partition coefficient (Wildman–Crippen LogP) is 4.28. The Labute approximate surface area is 171 Å². The second-order valence-corrected chi connectivity index (χ2v) is 7.77. The molecular weight excluding hydrogens is 391 g/mol. The van der Waals surface area contributed by atoms with Crippen LogP contribution in [-0.4, -0.2) is 28.1 Å². The van der Waals surface area contributed by atoms with Gasteiger partial charge in [-0.1, -0.05) is 6.07 Å². The normalized spacial score (nSPS) is 11.9. The van der Waals surface area contributed by atoms with Gasteiger partial charge in [0.25, 0.3) is 0 Å². The summed E-state index contributed by atoms with van der Waals surface area (Å²) in [6, 6.07) is 9.97. The third-order valence-electron chi connectivity index (χ3n) is 4.03. The first-order valence-electron chi connectivity index (χ1n) is 9.40. The Morgan fingerprint density at radius 3 is 2.33 bits per heavy atom. The van der Waals surface area contributed by atoms with Crippen LogP contribution in [0.1, 0.15) is 26.3 Å². The van der Waals surface area contributed by atoms with Gasteiger partial charge in [0.2, 0.25) is 0 Å². The number of esters is 1. The van der Waals surface area contributed by atoms with E-state index in [4.69, 9.17) is 13.6 Å². The van der Waals surface area contributed by atoms with Crippen LogP contribution in [0.3, 0.4) is 0 Å². The molecule has 2 aromatic heterocycles. The number of hydrogen-bond donors (Lipinski definition) is 2. The number of aromatic nitrogens is 2. The Bertz CT molecular complexity index is 1210. The van der Waals surface area contributed by atoms with E-state index in [1.807, 2.05) is 32.9 Å². The topological polar surface area (TPSA) is 102 Å². The number of carbonyl (C=O) groups is 1. The number of hydrogen-bond acceptors (Lipinski definition) is 8. The molecule has 0 unspecified atom stereocenters. The molecule has 9 heteroatoms. The predicted molar refractivity (Wildman–Crippen MR) is 109 cm³/mol. The summed E-state index contributed by atoms with van der Waals surface area (Å²) in [4.78, 5) is 20.3. The molecule has 0 amide bonds. The highest BCUT2D eigenvalue weighted by Gasteiger charge is 2.16. The van der Waals surface area contributed by atoms with E-state index in [1.165, 1.54) is 18.2 Å². The Morgan fingerprint density at radius 1 is 1.03 bits per heavy atom. The van der Waals surface area contributed by atoms with Gasteiger partial charge in [-0.15, -0.1) is 0 Å². The highest BCUT2D eigenvalue weighted by atomic mass is 19.1. The molecule has 156 valence electrons. The standard InChI is InChI=1S/C21H21FN4O4/c1-21(2,3)30-18(27)11-23-10-12-4-6-16-14(8-12)24-19(28-16)26-20-25-15-9-13(22)5-7-17(15)29-20/h4-9,23H,10-11H2,1-3H3,(H,24,25,26). The molecule has 0 aliphatic heterocycles. The van der Waals surface area contributed by atoms with Gasteiger partial charge in [0.1, 0.15) is 22.5 Å². The number of nitrogens with one attached hydrogen (secondary N) is 2. The van der Waals surface area contributed by atoms with Crippen molar-refractivity contribution in [2.75, 3.05) is 11.9 Å². The van der Waals surface area contributed by atoms with Crippen LogP contribution in [0.4, 0.5) is 16.4 Å². The van der Waals surface area contributed by atoms with Crippen molar-refractivity contribution >= 4 is 40.2 Å². The molecule has 0 aliphatic rings. The van der Waals surface area contributed by atoms with E-state index >= 15 is 0 Å². The Morgan fingerprint density at radius 2 is 1.67 bits per heavy atom. The van der Waals surface area contributed by atoms with Crippen molar-refractivity contribution in [1.82, 2.24) is 15.3 Å². The second-order valence-electron chi connectivity index (χ2n) is 7.77. The van der Waals surface area contributed by atoms with Crippen LogP contribution in [-0.2, 0) is 16.1 Å². The number of rotatable bonds is 6. The van der Waals surface area contributed by atoms with Crippen LogP contribution in [0.2, 0.25) is 0 Å². The SMILES string of the molecule is CC(C)(C)OC(=O)CNCc1ccc2oc(Nc3nc4cc(F)ccc4o3)nc2c1. The van der Waals surface area contributed by atoms with Crippen LogP contribution in [0.5, 0.6) is 0 Å². The van der Waals surface area contributed by atoms with Gasteiger partial charge >= 0.3 is 18.0 Å². The summed E-state index contributed by atoms with van der Waals surface area (Å²) >= 11 is 0. The van der Waals surface area contributed by atoms with Gasteiger partial charge < -0.3 is 18.9 Å². The van der Waals surface area contributed by atoms with E-state index in [9.17, 15) is 9.18 Å². The Balaban J connectivity index is 1.41. The van der Waals surface area contributed by atoms with E-state index < -0.39 is 11.4 Å². The third kappa shape index (κ3) is 4.74. The summed E-state index contributed by atoms with van der Waals surface area (Å²) in [5.74, 6) is -0.702. The quantitative estimate of drug-likeness (QED) is 0.452. The minimum atomic E-state index is -0.509. The summed E-state index contributed by atoms with van der Waals surface area (Å²) in [5, 5.41) is 5.90. The molecule has 0 saturated carbocycles. The fourth-order valence-corrected chi connectivity index (χ4v) is 2.87. The molecule has 0 atom stereocenters. The first kappa shape index (κ1) is 19.8. The van der Waals surface area contributed by atoms with E-state index in [0.29, 0.717) is 28.7 Å². The second kappa shape index (κ2) is 7.75. The number of fused-ring (bicyclic) bond motifs is 2. The number of oxazole rings is 2. The van der Waals surface area contributed by atoms with E-state index in [1.54, 1.807) is 6.07 Å². The third-order valence-corrected chi connectivity index (χ3v) is 4.03. The van der Waals surface area contributed by atoms with Crippen molar-refractivity contribution in [3.8, 4) is 0 Å². The van der Waals surface area contributed by atoms with Crippen molar-refractivity contribution in [3.63, 3.8) is 0 Å². The number of halogens is 1. The van der Waals surface area contributed by atoms with Crippen molar-refractivity contribution in [2.24, 2.45) is 0 Å². The number of carbonyl (C=O) groups excluding carboxylic acids is 1. The lowest BCUT2D eigenvalue weighted by Gasteiger charge is -2.19. The highest BCUT2D eigenvalue weighted by Crippen LogP contribution is 2.25. The van der Waals surface area contributed by atoms with E-state index in [-0.39, 0.29) is 24.5 Å². The van der Waals surface area contributed by atoms with E-state index in [2.05, 4.69) is 20.6 Å². The molecule has 0 aliphatic carbocycles. The maximum absolute atomic E-state index is 13.3. The highest BCUT2D eigenvalue weighted by molar-refractivity contribution is 5.77. The Kier molecular flexibility index (Phi) is 5.13. The molecule has 2 aromatic carbocycles. The van der Waals surface area contributed by atoms with Gasteiger partial charge in [-0.2, -0.15) is 9.97 Å². The van der Waals surface area contributed by atoms with Crippen molar-refractivity contribution < 1.29 is 22.8 Å². The minimum Gasteiger partial charge on any atom is -0.459 e. The zero-order chi connectivity index (χ0) is 21.3. The Hall–Kier alpha value is -3.46. The summed E-state index contributed by atoms with van der Waals surface area (Å²) in [6.45, 7) is 6.07. The number of nitrogens with zero attached hydrogens (tertiary/aromatic N) is 2. The van der Waals surface area contributed by atoms with Crippen molar-refractivity contribution in [3.05, 3.63) is 47.8 Å². The average Bonchev–Trinajstić information content (AvgIpc) is 3.22. The largest absolute Gasteiger partial charge is 0.459 e. The number of ether oxygens (including phenoxy) is 1. The molecule has 2 heterocycles. The lowest BCUT2D eigenvalue weighted by atomic mass is 10.2. The molecule has 0 saturated heterocycles. The van der Waals surface area contributed by atoms with Gasteiger partial charge in [0, 0.05) is 12.6 Å². The van der Waals surface area contributed by atoms with Gasteiger partial charge in [-0.25, -0.2) is 4.39 Å². The van der Waals surface area contributed by atoms with Crippen LogP contribution < -0.4 is 10.6 Å². The fourth-order valence-electron chi connectivity index (χ4n) is 2.87. The molecule has 8 nitrogen and oxygen atoms in total. The van der Waals surface area contributed by atoms with Crippen LogP contribution in [0.15, 0.2) is 45.2 Å². The van der Waals surface area contributed by atoms with Crippen LogP contribution in [0, 0.1) is 5.82 Å². The lowest BCUT2D eigenvalue weighted by molar-refractivity contribution is -0.153. The van der Waals surface area contributed by atoms with Gasteiger partial charge in [-0.3, -0.25) is 10.1 Å². The van der Waals surface area contributed by atoms with Crippen LogP contribution >= 0.6 is 0 Å². The first-order chi connectivity index (χ1) is 14.2. The molecule has 4 rings (SSSR count). The summed E-state index contributed by atoms with van der Waals surface area (Å²) < 4.78 is 29.7. The van der Waals surface area contributed by atoms with Crippen LogP contribution in [0.25, 0.3) is 22.2 Å². The summed E-state index contributed by atoms with van der Waals surface area (Å²) in [7, 11) is 0. The number of anilines is 2. The number of benzene rings is 2. The van der Waals surface area contributed by atoms with Crippen molar-refractivity contribution in [1.29, 1.82) is 0 Å². The molecule has 4 aromatic rings. The average molecular weight is 412 g/mol. The summed E-state index contributed by atoms with van der Waals surface area (Å²) in [5.41, 5.74) is 2.49. The lowest BCUT2D eigenvalue weighted by Crippen LogP contribution is -2.31. The maximum Gasteiger partial charge on any atom is 0.320 e. The van der Waals surface area contributed by atoms with Gasteiger partial charge in [0.15, 0.2) is 11.2 Å². The van der Waals surface area contributed by atoms with Gasteiger partial charge in [-0.05, 0) is 50.6 Å². The molecule has 0 fully saturated rings. The van der Waals surface area contributed by atoms with Crippen molar-refractivity contribution in [2.45, 2.75) is 32.9 Å². The summed E-state index contributed by atoms with van der Waals surface area (Å²) in [6.07, 6.45) is 0. The molecular formula is C21H21FN4O4. The van der Waals surface area contributed by atoms with E-state index in [0.717, 1.165) is 5.56 Å². The zero-order valence-electron chi connectivity index (χ0n) is 16.8. The smallest absolute Gasteiger partial charge is 0.320 e. The zero-order valence-corrected chi connectivity index (χ0v) is 16.8. The molecule has 0 bridgehead atoms. The molecule has 0 radical (unpaired) electrons. The fraction of sp³-hybridized carbons (Fsp3) is 0.286. The molecule has 2 N–H and O–H groups in total. The minimum absolute atomic E-state index is 0.110. The van der Waals surface area contributed by atoms with Gasteiger partial charge in [0.05, 0.1) is 6.54 Å². The molecule has 0 spiro atoms. The first-order valence-corrected chi connectivity index (χ1v) is 9.40. The monoisotopic (exact) mass is 412 g/mol. The maximum atomic E-state index is 13.3.